The van der Waals surface area contributed by atoms with Crippen LogP contribution in [0.2, 0.25) is 0 Å². The minimum atomic E-state index is -3.31. The quantitative estimate of drug-likeness (QED) is 0.871. The molecule has 0 bridgehead atoms. The Morgan fingerprint density at radius 2 is 1.79 bits per heavy atom. The molecule has 1 aromatic carbocycles. The van der Waals surface area contributed by atoms with Crippen molar-refractivity contribution in [2.24, 2.45) is 0 Å². The molecule has 1 saturated heterocycles. The monoisotopic (exact) mass is 349 g/mol. The number of halogens is 1. The van der Waals surface area contributed by atoms with E-state index in [9.17, 15) is 12.8 Å². The molecule has 24 heavy (non-hydrogen) atoms. The van der Waals surface area contributed by atoms with Crippen LogP contribution in [0, 0.1) is 5.82 Å². The van der Waals surface area contributed by atoms with Gasteiger partial charge in [-0.05, 0) is 36.1 Å². The largest absolute Gasteiger partial charge is 0.364 e. The number of aromatic nitrogens is 1. The van der Waals surface area contributed by atoms with Crippen molar-refractivity contribution >= 4 is 15.8 Å². The van der Waals surface area contributed by atoms with Crippen LogP contribution in [0.25, 0.3) is 0 Å². The molecule has 2 aromatic rings. The van der Waals surface area contributed by atoms with Crippen LogP contribution in [0.4, 0.5) is 10.2 Å². The first-order valence-corrected chi connectivity index (χ1v) is 9.56. The van der Waals surface area contributed by atoms with Gasteiger partial charge >= 0.3 is 0 Å². The summed E-state index contributed by atoms with van der Waals surface area (Å²) in [6, 6.07) is 10.2. The number of benzene rings is 1. The number of nitrogens with one attached hydrogen (secondary N) is 1. The molecule has 0 aliphatic carbocycles. The molecule has 0 spiro atoms. The van der Waals surface area contributed by atoms with E-state index in [0.29, 0.717) is 19.6 Å². The fraction of sp³-hybridized carbons (Fsp3) is 0.353. The van der Waals surface area contributed by atoms with Gasteiger partial charge in [0, 0.05) is 25.8 Å². The zero-order chi connectivity index (χ0) is 17.0. The molecular formula is C17H20FN3O2S. The van der Waals surface area contributed by atoms with Crippen LogP contribution in [-0.2, 0) is 22.3 Å². The Morgan fingerprint density at radius 3 is 2.50 bits per heavy atom. The van der Waals surface area contributed by atoms with Gasteiger partial charge in [-0.1, -0.05) is 24.3 Å². The van der Waals surface area contributed by atoms with Crippen molar-refractivity contribution < 1.29 is 12.8 Å². The van der Waals surface area contributed by atoms with Crippen LogP contribution in [0.15, 0.2) is 42.6 Å². The molecule has 128 valence electrons. The number of rotatable bonds is 6. The molecular weight excluding hydrogens is 329 g/mol. The molecule has 0 radical (unpaired) electrons. The molecule has 0 unspecified atom stereocenters. The average molecular weight is 349 g/mol. The highest BCUT2D eigenvalue weighted by Crippen LogP contribution is 2.20. The Kier molecular flexibility index (Phi) is 5.11. The lowest BCUT2D eigenvalue weighted by molar-refractivity contribution is 0.476. The zero-order valence-corrected chi connectivity index (χ0v) is 14.1. The Labute approximate surface area is 141 Å². The molecule has 1 N–H and O–H groups in total. The second-order valence-corrected chi connectivity index (χ2v) is 7.79. The second-order valence-electron chi connectivity index (χ2n) is 5.82. The van der Waals surface area contributed by atoms with Gasteiger partial charge in [0.2, 0.25) is 10.0 Å². The van der Waals surface area contributed by atoms with Gasteiger partial charge in [0.1, 0.15) is 0 Å². The Balaban J connectivity index is 1.74. The molecule has 1 aliphatic rings. The predicted molar refractivity (Wildman–Crippen MR) is 91.4 cm³/mol. The minimum Gasteiger partial charge on any atom is -0.364 e. The third-order valence-corrected chi connectivity index (χ3v) is 5.95. The maximum Gasteiger partial charge on any atom is 0.218 e. The molecule has 1 fully saturated rings. The lowest BCUT2D eigenvalue weighted by atomic mass is 10.1. The van der Waals surface area contributed by atoms with E-state index in [0.717, 1.165) is 24.0 Å². The van der Waals surface area contributed by atoms with Gasteiger partial charge in [0.25, 0.3) is 0 Å². The summed E-state index contributed by atoms with van der Waals surface area (Å²) in [5, 5.41) is 2.93. The number of hydrogen-bond donors (Lipinski definition) is 1. The molecule has 1 aromatic heterocycles. The van der Waals surface area contributed by atoms with Gasteiger partial charge in [-0.3, -0.25) is 0 Å². The highest BCUT2D eigenvalue weighted by molar-refractivity contribution is 7.88. The summed E-state index contributed by atoms with van der Waals surface area (Å²) in [6.07, 6.45) is 3.35. The highest BCUT2D eigenvalue weighted by Gasteiger charge is 2.26. The summed E-state index contributed by atoms with van der Waals surface area (Å²) < 4.78 is 40.2. The van der Waals surface area contributed by atoms with Crippen molar-refractivity contribution in [1.29, 1.82) is 0 Å². The van der Waals surface area contributed by atoms with E-state index in [2.05, 4.69) is 10.3 Å². The number of hydrogen-bond acceptors (Lipinski definition) is 4. The molecule has 5 nitrogen and oxygen atoms in total. The zero-order valence-electron chi connectivity index (χ0n) is 13.3. The standard InChI is InChI=1S/C17H20FN3O2S/c18-16-8-5-9-19-17(16)20-12-14-6-1-2-7-15(14)13-24(22,23)21-10-3-4-11-21/h1-2,5-9H,3-4,10-13H2,(H,19,20). The topological polar surface area (TPSA) is 62.3 Å². The van der Waals surface area contributed by atoms with Crippen LogP contribution < -0.4 is 5.32 Å². The van der Waals surface area contributed by atoms with Gasteiger partial charge in [0.15, 0.2) is 11.6 Å². The smallest absolute Gasteiger partial charge is 0.218 e. The summed E-state index contributed by atoms with van der Waals surface area (Å²) >= 11 is 0. The molecule has 3 rings (SSSR count). The van der Waals surface area contributed by atoms with Crippen molar-refractivity contribution in [3.05, 3.63) is 59.5 Å². The van der Waals surface area contributed by atoms with Gasteiger partial charge in [0.05, 0.1) is 5.75 Å². The van der Waals surface area contributed by atoms with Gasteiger partial charge in [-0.15, -0.1) is 0 Å². The average Bonchev–Trinajstić information content (AvgIpc) is 3.10. The first kappa shape index (κ1) is 16.9. The molecule has 1 aliphatic heterocycles. The van der Waals surface area contributed by atoms with E-state index in [4.69, 9.17) is 0 Å². The SMILES string of the molecule is O=S(=O)(Cc1ccccc1CNc1ncccc1F)N1CCCC1. The summed E-state index contributed by atoms with van der Waals surface area (Å²) in [7, 11) is -3.31. The van der Waals surface area contributed by atoms with Crippen LogP contribution in [0.3, 0.4) is 0 Å². The number of anilines is 1. The molecule has 2 heterocycles. The maximum atomic E-state index is 13.6. The predicted octanol–water partition coefficient (Wildman–Crippen LogP) is 2.76. The number of sulfonamides is 1. The fourth-order valence-electron chi connectivity index (χ4n) is 2.82. The van der Waals surface area contributed by atoms with Gasteiger partial charge in [-0.25, -0.2) is 22.1 Å². The summed E-state index contributed by atoms with van der Waals surface area (Å²) in [5.41, 5.74) is 1.55. The van der Waals surface area contributed by atoms with Crippen LogP contribution in [0.1, 0.15) is 24.0 Å². The van der Waals surface area contributed by atoms with Crippen molar-refractivity contribution in [3.8, 4) is 0 Å². The Bertz CT molecular complexity index is 805. The van der Waals surface area contributed by atoms with Crippen molar-refractivity contribution in [2.75, 3.05) is 18.4 Å². The third-order valence-electron chi connectivity index (χ3n) is 4.12. The Morgan fingerprint density at radius 1 is 1.08 bits per heavy atom. The van der Waals surface area contributed by atoms with E-state index in [1.165, 1.54) is 18.3 Å². The van der Waals surface area contributed by atoms with Crippen molar-refractivity contribution in [3.63, 3.8) is 0 Å². The molecule has 7 heteroatoms. The van der Waals surface area contributed by atoms with E-state index >= 15 is 0 Å². The molecule has 0 amide bonds. The van der Waals surface area contributed by atoms with Crippen LogP contribution in [-0.4, -0.2) is 30.8 Å². The summed E-state index contributed by atoms with van der Waals surface area (Å²) in [4.78, 5) is 3.95. The normalized spacial score (nSPS) is 15.5. The lowest BCUT2D eigenvalue weighted by Crippen LogP contribution is -2.29. The number of pyridine rings is 1. The fourth-order valence-corrected chi connectivity index (χ4v) is 4.49. The van der Waals surface area contributed by atoms with Crippen molar-refractivity contribution in [1.82, 2.24) is 9.29 Å². The first-order valence-electron chi connectivity index (χ1n) is 7.95. The minimum absolute atomic E-state index is 0.0322. The van der Waals surface area contributed by atoms with Crippen LogP contribution >= 0.6 is 0 Å². The number of nitrogens with zero attached hydrogens (tertiary/aromatic N) is 2. The summed E-state index contributed by atoms with van der Waals surface area (Å²) in [5.74, 6) is -0.301. The van der Waals surface area contributed by atoms with Gasteiger partial charge in [-0.2, -0.15) is 0 Å². The highest BCUT2D eigenvalue weighted by atomic mass is 32.2. The third kappa shape index (κ3) is 3.91. The van der Waals surface area contributed by atoms with Crippen LogP contribution in [0.5, 0.6) is 0 Å². The van der Waals surface area contributed by atoms with E-state index in [-0.39, 0.29) is 11.6 Å². The molecule has 0 atom stereocenters. The van der Waals surface area contributed by atoms with E-state index < -0.39 is 15.8 Å². The first-order chi connectivity index (χ1) is 11.6. The second kappa shape index (κ2) is 7.27. The van der Waals surface area contributed by atoms with Gasteiger partial charge < -0.3 is 5.32 Å². The molecule has 0 saturated carbocycles. The van der Waals surface area contributed by atoms with E-state index in [1.54, 1.807) is 10.4 Å². The Hall–Kier alpha value is -1.99. The maximum absolute atomic E-state index is 13.6. The summed E-state index contributed by atoms with van der Waals surface area (Å²) in [6.45, 7) is 1.52. The lowest BCUT2D eigenvalue weighted by Gasteiger charge is -2.17. The van der Waals surface area contributed by atoms with Crippen molar-refractivity contribution in [2.45, 2.75) is 25.1 Å². The van der Waals surface area contributed by atoms with E-state index in [1.807, 2.05) is 18.2 Å².